The molecule has 12 heteroatoms. The number of benzene rings is 1. The van der Waals surface area contributed by atoms with Crippen LogP contribution in [0, 0.1) is 5.41 Å². The van der Waals surface area contributed by atoms with Crippen LogP contribution in [0.3, 0.4) is 0 Å². The molecular formula is C30H39N9O3. The Bertz CT molecular complexity index is 1600. The van der Waals surface area contributed by atoms with Crippen molar-refractivity contribution in [2.24, 2.45) is 10.5 Å². The molecule has 3 aromatic rings. The number of nitrogens with zero attached hydrogens (tertiary/aromatic N) is 8. The van der Waals surface area contributed by atoms with Gasteiger partial charge in [-0.2, -0.15) is 10.1 Å². The van der Waals surface area contributed by atoms with E-state index in [1.165, 1.54) is 23.4 Å². The molecule has 1 aromatic carbocycles. The molecule has 5 rings (SSSR count). The van der Waals surface area contributed by atoms with Crippen LogP contribution in [0.15, 0.2) is 59.1 Å². The van der Waals surface area contributed by atoms with Crippen molar-refractivity contribution in [2.75, 3.05) is 57.6 Å². The third-order valence-electron chi connectivity index (χ3n) is 7.95. The molecule has 2 fully saturated rings. The molecule has 2 aromatic heterocycles. The van der Waals surface area contributed by atoms with Gasteiger partial charge in [-0.3, -0.25) is 14.6 Å². The van der Waals surface area contributed by atoms with Crippen molar-refractivity contribution >= 4 is 40.5 Å². The minimum atomic E-state index is -0.289. The van der Waals surface area contributed by atoms with E-state index in [0.29, 0.717) is 34.5 Å². The summed E-state index contributed by atoms with van der Waals surface area (Å²) in [7, 11) is 5.67. The summed E-state index contributed by atoms with van der Waals surface area (Å²) < 4.78 is 8.85. The van der Waals surface area contributed by atoms with Crippen molar-refractivity contribution in [2.45, 2.75) is 32.9 Å². The normalized spacial score (nSPS) is 16.9. The number of carbonyl (C=O) groups is 1. The van der Waals surface area contributed by atoms with Crippen LogP contribution in [0.2, 0.25) is 0 Å². The molecule has 12 nitrogen and oxygen atoms in total. The first-order chi connectivity index (χ1) is 20.2. The number of aldehydes is 1. The van der Waals surface area contributed by atoms with Crippen molar-refractivity contribution < 1.29 is 9.53 Å². The number of carbonyl (C=O) groups excluding carboxylic acids is 1. The summed E-state index contributed by atoms with van der Waals surface area (Å²) in [4.78, 5) is 38.5. The van der Waals surface area contributed by atoms with Gasteiger partial charge < -0.3 is 19.9 Å². The molecule has 0 aliphatic carbocycles. The Morgan fingerprint density at radius 3 is 2.76 bits per heavy atom. The van der Waals surface area contributed by atoms with Crippen molar-refractivity contribution in [1.82, 2.24) is 29.2 Å². The van der Waals surface area contributed by atoms with Gasteiger partial charge in [0.25, 0.3) is 5.56 Å². The van der Waals surface area contributed by atoms with Crippen LogP contribution in [0.5, 0.6) is 5.75 Å². The number of ether oxygens (including phenoxy) is 1. The van der Waals surface area contributed by atoms with Gasteiger partial charge >= 0.3 is 0 Å². The molecule has 1 spiro atoms. The van der Waals surface area contributed by atoms with Gasteiger partial charge in [0.1, 0.15) is 17.4 Å². The second-order valence-electron chi connectivity index (χ2n) is 11.4. The molecule has 42 heavy (non-hydrogen) atoms. The van der Waals surface area contributed by atoms with Gasteiger partial charge in [-0.1, -0.05) is 6.08 Å². The number of hydrogen-bond acceptors (Lipinski definition) is 10. The molecule has 222 valence electrons. The van der Waals surface area contributed by atoms with E-state index >= 15 is 0 Å². The van der Waals surface area contributed by atoms with Crippen LogP contribution < -0.4 is 20.5 Å². The average Bonchev–Trinajstić information content (AvgIpc) is 3.50. The van der Waals surface area contributed by atoms with E-state index in [4.69, 9.17) is 9.72 Å². The van der Waals surface area contributed by atoms with Crippen molar-refractivity contribution in [1.29, 1.82) is 0 Å². The van der Waals surface area contributed by atoms with Gasteiger partial charge in [-0.25, -0.2) is 14.3 Å². The molecule has 0 bridgehead atoms. The Labute approximate surface area is 245 Å². The second kappa shape index (κ2) is 11.8. The minimum absolute atomic E-state index is 0.0805. The molecule has 2 saturated heterocycles. The van der Waals surface area contributed by atoms with Crippen LogP contribution >= 0.6 is 0 Å². The van der Waals surface area contributed by atoms with Crippen molar-refractivity contribution in [3.8, 4) is 5.75 Å². The highest BCUT2D eigenvalue weighted by Crippen LogP contribution is 2.43. The molecule has 2 aliphatic heterocycles. The number of likely N-dealkylation sites (tertiary alicyclic amines) is 1. The number of nitrogens with one attached hydrogen (secondary N) is 1. The van der Waals surface area contributed by atoms with E-state index in [9.17, 15) is 9.59 Å². The molecule has 1 N–H and O–H groups in total. The predicted octanol–water partition coefficient (Wildman–Crippen LogP) is 2.93. The van der Waals surface area contributed by atoms with E-state index in [0.717, 1.165) is 43.3 Å². The molecule has 4 heterocycles. The summed E-state index contributed by atoms with van der Waals surface area (Å²) in [5.74, 6) is 1.42. The third-order valence-corrected chi connectivity index (χ3v) is 7.95. The fourth-order valence-corrected chi connectivity index (χ4v) is 5.80. The monoisotopic (exact) mass is 573 g/mol. The van der Waals surface area contributed by atoms with Crippen molar-refractivity contribution in [3.05, 3.63) is 59.6 Å². The van der Waals surface area contributed by atoms with Crippen LogP contribution in [0.25, 0.3) is 11.0 Å². The highest BCUT2D eigenvalue weighted by Gasteiger charge is 2.46. The first-order valence-electron chi connectivity index (χ1n) is 14.1. The highest BCUT2D eigenvalue weighted by atomic mass is 16.5. The van der Waals surface area contributed by atoms with Crippen LogP contribution in [-0.4, -0.2) is 94.8 Å². The Hall–Kier alpha value is -4.45. The fourth-order valence-electron chi connectivity index (χ4n) is 5.80. The highest BCUT2D eigenvalue weighted by molar-refractivity contribution is 6.01. The van der Waals surface area contributed by atoms with E-state index < -0.39 is 0 Å². The van der Waals surface area contributed by atoms with Crippen LogP contribution in [-0.2, 0) is 11.3 Å². The largest absolute Gasteiger partial charge is 0.495 e. The fraction of sp³-hybridized carbons (Fsp3) is 0.433. The topological polar surface area (TPSA) is 113 Å². The number of hydrazone groups is 1. The molecule has 0 unspecified atom stereocenters. The van der Waals surface area contributed by atoms with Crippen LogP contribution in [0.1, 0.15) is 20.3 Å². The summed E-state index contributed by atoms with van der Waals surface area (Å²) in [6.07, 6.45) is 7.85. The zero-order valence-corrected chi connectivity index (χ0v) is 24.9. The Kier molecular flexibility index (Phi) is 8.17. The maximum Gasteiger partial charge on any atom is 0.278 e. The number of rotatable bonds is 10. The molecular weight excluding hydrogens is 534 g/mol. The number of aromatic nitrogens is 4. The molecule has 2 aliphatic rings. The maximum absolute atomic E-state index is 13.4. The lowest BCUT2D eigenvalue weighted by molar-refractivity contribution is -0.104. The number of fused-ring (bicyclic) bond motifs is 1. The summed E-state index contributed by atoms with van der Waals surface area (Å²) in [6, 6.07) is 6.07. The molecule has 0 saturated carbocycles. The lowest BCUT2D eigenvalue weighted by Gasteiger charge is -2.46. The standard InChI is InChI=1S/C30H39N9O3/c1-7-13-38-28(41)23-17-31-29(33-27(23)39(38)26(9-8-15-40)34-36(5)21(2)3)32-22-10-11-24(25(16-22)42-6)37-14-12-30(20-37)18-35(4)19-30/h7-11,15-17,21H,1,12-14,18-20H2,2-6H3,(H,31,32,33)/b9-8-,34-26+. The average molecular weight is 574 g/mol. The number of anilines is 3. The molecule has 0 atom stereocenters. The van der Waals surface area contributed by atoms with E-state index in [1.54, 1.807) is 29.0 Å². The lowest BCUT2D eigenvalue weighted by Crippen LogP contribution is -2.55. The van der Waals surface area contributed by atoms with E-state index in [-0.39, 0.29) is 18.1 Å². The van der Waals surface area contributed by atoms with Crippen molar-refractivity contribution in [3.63, 3.8) is 0 Å². The Morgan fingerprint density at radius 1 is 1.31 bits per heavy atom. The number of allylic oxidation sites excluding steroid dienone is 3. The maximum atomic E-state index is 13.4. The van der Waals surface area contributed by atoms with Gasteiger partial charge in [0, 0.05) is 62.6 Å². The third kappa shape index (κ3) is 5.54. The predicted molar refractivity (Wildman–Crippen MR) is 166 cm³/mol. The summed E-state index contributed by atoms with van der Waals surface area (Å²) in [5.41, 5.74) is 2.26. The van der Waals surface area contributed by atoms with Crippen LogP contribution in [0.4, 0.5) is 17.3 Å². The van der Waals surface area contributed by atoms with Gasteiger partial charge in [0.2, 0.25) is 5.95 Å². The van der Waals surface area contributed by atoms with E-state index in [2.05, 4.69) is 44.9 Å². The summed E-state index contributed by atoms with van der Waals surface area (Å²) >= 11 is 0. The Balaban J connectivity index is 1.50. The van der Waals surface area contributed by atoms with Gasteiger partial charge in [-0.05, 0) is 51.6 Å². The quantitative estimate of drug-likeness (QED) is 0.0977. The SMILES string of the molecule is C=CCn1c(=O)c2cnc(Nc3ccc(N4CCC5(CN(C)C5)C4)c(OC)c3)nc2n1C(/C=C\C=O)=N/N(C)C(C)C. The lowest BCUT2D eigenvalue weighted by atomic mass is 9.79. The first kappa shape index (κ1) is 29.1. The minimum Gasteiger partial charge on any atom is -0.495 e. The molecule has 0 amide bonds. The van der Waals surface area contributed by atoms with Gasteiger partial charge in [0.15, 0.2) is 11.5 Å². The zero-order chi connectivity index (χ0) is 30.0. The number of hydrogen-bond donors (Lipinski definition) is 1. The van der Waals surface area contributed by atoms with Gasteiger partial charge in [0.05, 0.1) is 19.3 Å². The first-order valence-corrected chi connectivity index (χ1v) is 14.1. The smallest absolute Gasteiger partial charge is 0.278 e. The summed E-state index contributed by atoms with van der Waals surface area (Å²) in [5, 5.41) is 10.00. The number of methoxy groups -OCH3 is 1. The Morgan fingerprint density at radius 2 is 2.10 bits per heavy atom. The molecule has 0 radical (unpaired) electrons. The summed E-state index contributed by atoms with van der Waals surface area (Å²) in [6.45, 7) is 12.3. The zero-order valence-electron chi connectivity index (χ0n) is 24.9. The van der Waals surface area contributed by atoms with E-state index in [1.807, 2.05) is 33.0 Å². The van der Waals surface area contributed by atoms with Gasteiger partial charge in [-0.15, -0.1) is 6.58 Å². The second-order valence-corrected chi connectivity index (χ2v) is 11.4.